The number of benzene rings is 2. The van der Waals surface area contributed by atoms with E-state index in [4.69, 9.17) is 23.6 Å². The van der Waals surface area contributed by atoms with Crippen LogP contribution in [0.1, 0.15) is 43.9 Å². The Balaban J connectivity index is 1.34. The second kappa shape index (κ2) is 8.65. The quantitative estimate of drug-likeness (QED) is 0.449. The molecule has 2 saturated heterocycles. The van der Waals surface area contributed by atoms with E-state index in [2.05, 4.69) is 4.98 Å². The van der Waals surface area contributed by atoms with Gasteiger partial charge in [0.2, 0.25) is 5.89 Å². The summed E-state index contributed by atoms with van der Waals surface area (Å²) in [6, 6.07) is 20.9. The zero-order valence-corrected chi connectivity index (χ0v) is 19.9. The summed E-state index contributed by atoms with van der Waals surface area (Å²) >= 11 is 0. The van der Waals surface area contributed by atoms with Crippen LogP contribution in [-0.4, -0.2) is 32.5 Å². The fourth-order valence-electron chi connectivity index (χ4n) is 5.65. The molecule has 0 amide bonds. The van der Waals surface area contributed by atoms with Crippen LogP contribution < -0.4 is 11.2 Å². The van der Waals surface area contributed by atoms with Crippen LogP contribution in [0.4, 0.5) is 0 Å². The van der Waals surface area contributed by atoms with Gasteiger partial charge in [-0.2, -0.15) is 0 Å². The van der Waals surface area contributed by atoms with Gasteiger partial charge in [0.05, 0.1) is 0 Å². The van der Waals surface area contributed by atoms with Gasteiger partial charge in [0.15, 0.2) is 23.9 Å². The maximum absolute atomic E-state index is 12.7. The number of hydrogen-bond acceptors (Lipinski definition) is 7. The molecule has 9 heteroatoms. The predicted molar refractivity (Wildman–Crippen MR) is 133 cm³/mol. The number of rotatable bonds is 4. The lowest BCUT2D eigenvalue weighted by Crippen LogP contribution is -2.37. The van der Waals surface area contributed by atoms with Gasteiger partial charge in [-0.25, -0.2) is 9.78 Å². The molecule has 2 aliphatic heterocycles. The number of oxazole rings is 1. The van der Waals surface area contributed by atoms with Crippen LogP contribution in [0.25, 0.3) is 22.6 Å². The molecule has 4 atom stereocenters. The largest absolute Gasteiger partial charge is 0.437 e. The highest BCUT2D eigenvalue weighted by Gasteiger charge is 2.61. The van der Waals surface area contributed by atoms with Crippen molar-refractivity contribution in [2.45, 2.75) is 56.0 Å². The van der Waals surface area contributed by atoms with Crippen molar-refractivity contribution in [3.63, 3.8) is 0 Å². The maximum Gasteiger partial charge on any atom is 0.330 e. The molecule has 9 nitrogen and oxygen atoms in total. The number of aromatic nitrogens is 3. The Kier molecular flexibility index (Phi) is 5.24. The van der Waals surface area contributed by atoms with Crippen LogP contribution in [-0.2, 0) is 14.2 Å². The summed E-state index contributed by atoms with van der Waals surface area (Å²) < 4.78 is 27.2. The average Bonchev–Trinajstić information content (AvgIpc) is 3.70. The molecule has 3 aliphatic rings. The first-order chi connectivity index (χ1) is 18.1. The number of H-pyrrole nitrogens is 1. The lowest BCUT2D eigenvalue weighted by Gasteiger charge is -2.26. The maximum atomic E-state index is 12.7. The van der Waals surface area contributed by atoms with Crippen molar-refractivity contribution in [3.05, 3.63) is 99.7 Å². The first-order valence-corrected chi connectivity index (χ1v) is 12.5. The smallest absolute Gasteiger partial charge is 0.330 e. The SMILES string of the molecule is O=c1ccn([C@@H]2O[C@H](c3nc(-c4ccccc4)c(-c4ccccc4)o3)[C@H]3OC4(CCCC4)O[C@H]32)c(=O)[nH]1. The van der Waals surface area contributed by atoms with Crippen molar-refractivity contribution >= 4 is 0 Å². The highest BCUT2D eigenvalue weighted by molar-refractivity contribution is 5.76. The van der Waals surface area contributed by atoms with Gasteiger partial charge in [-0.3, -0.25) is 14.3 Å². The summed E-state index contributed by atoms with van der Waals surface area (Å²) in [5, 5.41) is 0. The second-order valence-electron chi connectivity index (χ2n) is 9.71. The van der Waals surface area contributed by atoms with E-state index in [1.807, 2.05) is 60.7 Å². The van der Waals surface area contributed by atoms with E-state index in [9.17, 15) is 9.59 Å². The van der Waals surface area contributed by atoms with Crippen molar-refractivity contribution in [2.75, 3.05) is 0 Å². The number of nitrogens with one attached hydrogen (secondary N) is 1. The molecule has 0 bridgehead atoms. The predicted octanol–water partition coefficient (Wildman–Crippen LogP) is 4.18. The Hall–Kier alpha value is -3.79. The summed E-state index contributed by atoms with van der Waals surface area (Å²) in [6.07, 6.45) is 2.35. The lowest BCUT2D eigenvalue weighted by molar-refractivity contribution is -0.216. The summed E-state index contributed by atoms with van der Waals surface area (Å²) in [4.78, 5) is 31.6. The van der Waals surface area contributed by atoms with E-state index in [1.54, 1.807) is 0 Å². The highest BCUT2D eigenvalue weighted by atomic mass is 16.8. The van der Waals surface area contributed by atoms with Crippen molar-refractivity contribution in [1.82, 2.24) is 14.5 Å². The first kappa shape index (κ1) is 22.4. The van der Waals surface area contributed by atoms with Crippen LogP contribution in [0.2, 0.25) is 0 Å². The van der Waals surface area contributed by atoms with E-state index in [-0.39, 0.29) is 0 Å². The van der Waals surface area contributed by atoms with Crippen LogP contribution in [0.5, 0.6) is 0 Å². The monoisotopic (exact) mass is 499 g/mol. The molecule has 0 radical (unpaired) electrons. The molecule has 2 aromatic heterocycles. The summed E-state index contributed by atoms with van der Waals surface area (Å²) in [6.45, 7) is 0. The third kappa shape index (κ3) is 3.78. The van der Waals surface area contributed by atoms with Gasteiger partial charge in [-0.1, -0.05) is 60.7 Å². The van der Waals surface area contributed by atoms with Gasteiger partial charge in [-0.15, -0.1) is 0 Å². The van der Waals surface area contributed by atoms with Crippen molar-refractivity contribution < 1.29 is 18.6 Å². The topological polar surface area (TPSA) is 109 Å². The second-order valence-corrected chi connectivity index (χ2v) is 9.71. The van der Waals surface area contributed by atoms with Gasteiger partial charge in [0.1, 0.15) is 17.9 Å². The highest BCUT2D eigenvalue weighted by Crippen LogP contribution is 2.53. The molecule has 1 N–H and O–H groups in total. The Morgan fingerprint density at radius 1 is 0.865 bits per heavy atom. The van der Waals surface area contributed by atoms with E-state index in [1.165, 1.54) is 16.8 Å². The molecule has 188 valence electrons. The minimum Gasteiger partial charge on any atom is -0.437 e. The molecule has 4 heterocycles. The Morgan fingerprint density at radius 3 is 2.24 bits per heavy atom. The van der Waals surface area contributed by atoms with E-state index in [0.717, 1.165) is 36.8 Å². The van der Waals surface area contributed by atoms with Gasteiger partial charge in [-0.05, 0) is 12.8 Å². The van der Waals surface area contributed by atoms with Gasteiger partial charge in [0.25, 0.3) is 5.56 Å². The lowest BCUT2D eigenvalue weighted by atomic mass is 10.1. The molecular formula is C28H25N3O6. The van der Waals surface area contributed by atoms with Crippen molar-refractivity contribution in [1.29, 1.82) is 0 Å². The third-order valence-electron chi connectivity index (χ3n) is 7.35. The molecule has 4 aromatic rings. The Labute approximate surface area is 211 Å². The molecule has 0 unspecified atom stereocenters. The van der Waals surface area contributed by atoms with E-state index < -0.39 is 41.6 Å². The third-order valence-corrected chi connectivity index (χ3v) is 7.35. The van der Waals surface area contributed by atoms with Crippen LogP contribution in [0.15, 0.2) is 86.9 Å². The van der Waals surface area contributed by atoms with Crippen LogP contribution in [0.3, 0.4) is 0 Å². The minimum atomic E-state index is -0.813. The minimum absolute atomic E-state index is 0.353. The number of nitrogens with zero attached hydrogens (tertiary/aromatic N) is 2. The summed E-state index contributed by atoms with van der Waals surface area (Å²) in [5.74, 6) is 0.269. The van der Waals surface area contributed by atoms with Gasteiger partial charge < -0.3 is 18.6 Å². The molecule has 2 aromatic carbocycles. The molecule has 3 fully saturated rings. The molecule has 1 aliphatic carbocycles. The van der Waals surface area contributed by atoms with Crippen LogP contribution >= 0.6 is 0 Å². The number of aromatic amines is 1. The zero-order chi connectivity index (χ0) is 25.0. The molecular weight excluding hydrogens is 474 g/mol. The van der Waals surface area contributed by atoms with E-state index in [0.29, 0.717) is 17.3 Å². The number of ether oxygens (including phenoxy) is 3. The van der Waals surface area contributed by atoms with Crippen molar-refractivity contribution in [2.24, 2.45) is 0 Å². The number of hydrogen-bond donors (Lipinski definition) is 1. The normalized spacial score (nSPS) is 26.1. The Bertz CT molecular complexity index is 1480. The van der Waals surface area contributed by atoms with Gasteiger partial charge >= 0.3 is 5.69 Å². The fraction of sp³-hybridized carbons (Fsp3) is 0.321. The van der Waals surface area contributed by atoms with E-state index >= 15 is 0 Å². The first-order valence-electron chi connectivity index (χ1n) is 12.5. The zero-order valence-electron chi connectivity index (χ0n) is 19.9. The fourth-order valence-corrected chi connectivity index (χ4v) is 5.65. The standard InChI is InChI=1S/C28H25N3O6/c32-19-13-16-31(27(33)29-19)26-24-22(36-28(37-24)14-7-8-15-28)23(35-26)25-30-20(17-9-3-1-4-10-17)21(34-25)18-11-5-2-6-12-18/h1-6,9-13,16,22-24,26H,7-8,14-15H2,(H,29,32,33)/t22-,23+,24-,26-/m1/s1. The summed E-state index contributed by atoms with van der Waals surface area (Å²) in [7, 11) is 0. The molecule has 7 rings (SSSR count). The van der Waals surface area contributed by atoms with Crippen LogP contribution in [0, 0.1) is 0 Å². The van der Waals surface area contributed by atoms with Gasteiger partial charge in [0, 0.05) is 36.2 Å². The molecule has 37 heavy (non-hydrogen) atoms. The van der Waals surface area contributed by atoms with Crippen molar-refractivity contribution in [3.8, 4) is 22.6 Å². The summed E-state index contributed by atoms with van der Waals surface area (Å²) in [5.41, 5.74) is 1.45. The Morgan fingerprint density at radius 2 is 1.54 bits per heavy atom. The average molecular weight is 500 g/mol. The number of fused-ring (bicyclic) bond motifs is 1. The molecule has 1 spiro atoms. The molecule has 1 saturated carbocycles.